The third kappa shape index (κ3) is 6.71. The smallest absolute Gasteiger partial charge is 0.273 e. The molecule has 0 aromatic heterocycles. The van der Waals surface area contributed by atoms with Gasteiger partial charge in [0.05, 0.1) is 23.8 Å². The van der Waals surface area contributed by atoms with Crippen molar-refractivity contribution in [1.29, 1.82) is 0 Å². The van der Waals surface area contributed by atoms with E-state index in [4.69, 9.17) is 21.1 Å². The largest absolute Gasteiger partial charge is 0.494 e. The average molecular weight is 408 g/mol. The molecule has 28 heavy (non-hydrogen) atoms. The van der Waals surface area contributed by atoms with Crippen LogP contribution in [0.4, 0.5) is 11.4 Å². The van der Waals surface area contributed by atoms with Crippen molar-refractivity contribution in [2.45, 2.75) is 6.42 Å². The van der Waals surface area contributed by atoms with Crippen LogP contribution in [0.5, 0.6) is 11.5 Å². The van der Waals surface area contributed by atoms with Crippen LogP contribution < -0.4 is 14.8 Å². The standard InChI is InChI=1S/C19H22ClN3O5/c1-22(11-12-28-16-6-3-14(20)4-7-16)10-9-19(24)21-17-8-5-15(23(25)26)13-18(17)27-2/h3-8,13H,9-12H2,1-2H3,(H,21,24). The van der Waals surface area contributed by atoms with Crippen LogP contribution in [-0.4, -0.2) is 49.6 Å². The van der Waals surface area contributed by atoms with E-state index in [1.807, 2.05) is 11.9 Å². The Morgan fingerprint density at radius 3 is 2.57 bits per heavy atom. The number of anilines is 1. The summed E-state index contributed by atoms with van der Waals surface area (Å²) in [5, 5.41) is 14.2. The van der Waals surface area contributed by atoms with Crippen molar-refractivity contribution in [3.8, 4) is 11.5 Å². The Morgan fingerprint density at radius 2 is 1.93 bits per heavy atom. The number of rotatable bonds is 10. The highest BCUT2D eigenvalue weighted by atomic mass is 35.5. The van der Waals surface area contributed by atoms with Crippen molar-refractivity contribution >= 4 is 28.9 Å². The number of methoxy groups -OCH3 is 1. The Morgan fingerprint density at radius 1 is 1.21 bits per heavy atom. The molecule has 0 aliphatic heterocycles. The van der Waals surface area contributed by atoms with E-state index in [1.165, 1.54) is 25.3 Å². The van der Waals surface area contributed by atoms with Crippen LogP contribution in [0.3, 0.4) is 0 Å². The Hall–Kier alpha value is -2.84. The van der Waals surface area contributed by atoms with Gasteiger partial charge >= 0.3 is 0 Å². The van der Waals surface area contributed by atoms with Crippen LogP contribution in [0.25, 0.3) is 0 Å². The zero-order valence-electron chi connectivity index (χ0n) is 15.7. The molecule has 0 aliphatic rings. The number of ether oxygens (including phenoxy) is 2. The van der Waals surface area contributed by atoms with Gasteiger partial charge in [-0.2, -0.15) is 0 Å². The van der Waals surface area contributed by atoms with E-state index in [9.17, 15) is 14.9 Å². The van der Waals surface area contributed by atoms with Gasteiger partial charge < -0.3 is 19.7 Å². The maximum atomic E-state index is 12.2. The fourth-order valence-corrected chi connectivity index (χ4v) is 2.49. The minimum absolute atomic E-state index is 0.102. The van der Waals surface area contributed by atoms with Crippen molar-refractivity contribution in [3.63, 3.8) is 0 Å². The number of nitrogens with zero attached hydrogens (tertiary/aromatic N) is 2. The Labute approximate surface area is 168 Å². The predicted octanol–water partition coefficient (Wildman–Crippen LogP) is 3.60. The molecule has 8 nitrogen and oxygen atoms in total. The second-order valence-electron chi connectivity index (χ2n) is 6.05. The average Bonchev–Trinajstić information content (AvgIpc) is 2.68. The van der Waals surface area contributed by atoms with Crippen LogP contribution in [0.15, 0.2) is 42.5 Å². The number of nitro groups is 1. The van der Waals surface area contributed by atoms with Gasteiger partial charge in [0, 0.05) is 30.6 Å². The summed E-state index contributed by atoms with van der Waals surface area (Å²) < 4.78 is 10.7. The molecule has 1 amide bonds. The molecule has 0 radical (unpaired) electrons. The Kier molecular flexibility index (Phi) is 8.03. The fraction of sp³-hybridized carbons (Fsp3) is 0.316. The Bertz CT molecular complexity index is 814. The maximum absolute atomic E-state index is 12.2. The molecule has 0 heterocycles. The lowest BCUT2D eigenvalue weighted by Crippen LogP contribution is -2.28. The molecule has 0 unspecified atom stereocenters. The summed E-state index contributed by atoms with van der Waals surface area (Å²) >= 11 is 5.83. The molecule has 0 saturated heterocycles. The van der Waals surface area contributed by atoms with E-state index in [2.05, 4.69) is 5.32 Å². The van der Waals surface area contributed by atoms with E-state index in [1.54, 1.807) is 24.3 Å². The van der Waals surface area contributed by atoms with E-state index in [-0.39, 0.29) is 23.8 Å². The molecular weight excluding hydrogens is 386 g/mol. The molecular formula is C19H22ClN3O5. The summed E-state index contributed by atoms with van der Waals surface area (Å²) in [6, 6.07) is 11.2. The number of nitro benzene ring substituents is 1. The van der Waals surface area contributed by atoms with Crippen molar-refractivity contribution in [2.24, 2.45) is 0 Å². The number of benzene rings is 2. The zero-order valence-corrected chi connectivity index (χ0v) is 16.4. The highest BCUT2D eigenvalue weighted by Crippen LogP contribution is 2.29. The summed E-state index contributed by atoms with van der Waals surface area (Å²) in [5.74, 6) is 0.769. The topological polar surface area (TPSA) is 93.9 Å². The summed E-state index contributed by atoms with van der Waals surface area (Å²) in [7, 11) is 3.29. The third-order valence-electron chi connectivity index (χ3n) is 3.95. The van der Waals surface area contributed by atoms with Gasteiger partial charge in [-0.25, -0.2) is 0 Å². The number of halogens is 1. The molecule has 0 bridgehead atoms. The molecule has 2 rings (SSSR count). The molecule has 0 atom stereocenters. The third-order valence-corrected chi connectivity index (χ3v) is 4.20. The van der Waals surface area contributed by atoms with Crippen molar-refractivity contribution in [2.75, 3.05) is 39.2 Å². The summed E-state index contributed by atoms with van der Waals surface area (Å²) in [4.78, 5) is 24.4. The van der Waals surface area contributed by atoms with Crippen molar-refractivity contribution < 1.29 is 19.2 Å². The first-order valence-electron chi connectivity index (χ1n) is 8.58. The normalized spacial score (nSPS) is 10.6. The number of non-ortho nitro benzene ring substituents is 1. The van der Waals surface area contributed by atoms with Crippen molar-refractivity contribution in [3.05, 3.63) is 57.6 Å². The molecule has 1 N–H and O–H groups in total. The van der Waals surface area contributed by atoms with Gasteiger partial charge in [0.1, 0.15) is 18.1 Å². The summed E-state index contributed by atoms with van der Waals surface area (Å²) in [5.41, 5.74) is 0.294. The Balaban J connectivity index is 1.75. The van der Waals surface area contributed by atoms with Crippen molar-refractivity contribution in [1.82, 2.24) is 4.90 Å². The maximum Gasteiger partial charge on any atom is 0.273 e. The van der Waals surface area contributed by atoms with E-state index < -0.39 is 4.92 Å². The number of likely N-dealkylation sites (N-methyl/N-ethyl adjacent to an activating group) is 1. The minimum atomic E-state index is -0.519. The molecule has 150 valence electrons. The minimum Gasteiger partial charge on any atom is -0.494 e. The first kappa shape index (κ1) is 21.5. The van der Waals surface area contributed by atoms with Gasteiger partial charge in [0.25, 0.3) is 5.69 Å². The SMILES string of the molecule is COc1cc([N+](=O)[O-])ccc1NC(=O)CCN(C)CCOc1ccc(Cl)cc1. The molecule has 0 fully saturated rings. The number of amides is 1. The van der Waals surface area contributed by atoms with Gasteiger partial charge in [0.2, 0.25) is 5.91 Å². The van der Waals surface area contributed by atoms with Crippen LogP contribution in [0, 0.1) is 10.1 Å². The lowest BCUT2D eigenvalue weighted by molar-refractivity contribution is -0.384. The van der Waals surface area contributed by atoms with Gasteiger partial charge in [-0.1, -0.05) is 11.6 Å². The zero-order chi connectivity index (χ0) is 20.5. The van der Waals surface area contributed by atoms with Crippen LogP contribution in [-0.2, 0) is 4.79 Å². The molecule has 0 aliphatic carbocycles. The fourth-order valence-electron chi connectivity index (χ4n) is 2.36. The lowest BCUT2D eigenvalue weighted by atomic mass is 10.2. The molecule has 0 spiro atoms. The highest BCUT2D eigenvalue weighted by molar-refractivity contribution is 6.30. The van der Waals surface area contributed by atoms with Gasteiger partial charge in [-0.3, -0.25) is 14.9 Å². The molecule has 9 heteroatoms. The highest BCUT2D eigenvalue weighted by Gasteiger charge is 2.13. The number of carbonyl (C=O) groups is 1. The van der Waals surface area contributed by atoms with Gasteiger partial charge in [-0.05, 0) is 37.4 Å². The van der Waals surface area contributed by atoms with Gasteiger partial charge in [-0.15, -0.1) is 0 Å². The monoisotopic (exact) mass is 407 g/mol. The van der Waals surface area contributed by atoms with Crippen LogP contribution >= 0.6 is 11.6 Å². The first-order chi connectivity index (χ1) is 13.4. The van der Waals surface area contributed by atoms with E-state index >= 15 is 0 Å². The summed E-state index contributed by atoms with van der Waals surface area (Å²) in [6.07, 6.45) is 0.261. The molecule has 2 aromatic carbocycles. The van der Waals surface area contributed by atoms with E-state index in [0.717, 1.165) is 5.75 Å². The number of hydrogen-bond donors (Lipinski definition) is 1. The second kappa shape index (κ2) is 10.5. The first-order valence-corrected chi connectivity index (χ1v) is 8.96. The predicted molar refractivity (Wildman–Crippen MR) is 107 cm³/mol. The molecule has 0 saturated carbocycles. The quantitative estimate of drug-likeness (QED) is 0.477. The number of carbonyl (C=O) groups excluding carboxylic acids is 1. The molecule has 2 aromatic rings. The van der Waals surface area contributed by atoms with E-state index in [0.29, 0.717) is 30.4 Å². The summed E-state index contributed by atoms with van der Waals surface area (Å²) in [6.45, 7) is 1.66. The lowest BCUT2D eigenvalue weighted by Gasteiger charge is -2.17. The van der Waals surface area contributed by atoms with Crippen LogP contribution in [0.2, 0.25) is 5.02 Å². The number of hydrogen-bond acceptors (Lipinski definition) is 6. The van der Waals surface area contributed by atoms with Gasteiger partial charge in [0.15, 0.2) is 0 Å². The van der Waals surface area contributed by atoms with Crippen LogP contribution in [0.1, 0.15) is 6.42 Å². The number of nitrogens with one attached hydrogen (secondary N) is 1. The second-order valence-corrected chi connectivity index (χ2v) is 6.48.